The zero-order valence-electron chi connectivity index (χ0n) is 15.4. The minimum atomic E-state index is -0.904. The van der Waals surface area contributed by atoms with Crippen LogP contribution in [0.25, 0.3) is 0 Å². The molecule has 0 fully saturated rings. The molecule has 5 nitrogen and oxygen atoms in total. The van der Waals surface area contributed by atoms with E-state index in [1.165, 1.54) is 0 Å². The third-order valence-electron chi connectivity index (χ3n) is 4.49. The first-order valence-electron chi connectivity index (χ1n) is 9.12. The van der Waals surface area contributed by atoms with Gasteiger partial charge in [-0.3, -0.25) is 9.59 Å². The molecule has 5 heteroatoms. The quantitative estimate of drug-likeness (QED) is 0.568. The molecule has 4 N–H and O–H groups in total. The zero-order valence-corrected chi connectivity index (χ0v) is 15.4. The number of amides is 2. The van der Waals surface area contributed by atoms with Gasteiger partial charge in [-0.25, -0.2) is 0 Å². The van der Waals surface area contributed by atoms with E-state index in [1.54, 1.807) is 24.3 Å². The lowest BCUT2D eigenvalue weighted by atomic mass is 9.97. The number of carbonyl (C=O) groups excluding carboxylic acids is 2. The SMILES string of the molecule is NC(=O)[C@H](NC(=O)c1ccccc1)[C@H](NCc1ccccc1)c1ccccc1. The summed E-state index contributed by atoms with van der Waals surface area (Å²) < 4.78 is 0. The molecule has 3 aromatic rings. The monoisotopic (exact) mass is 373 g/mol. The predicted octanol–water partition coefficient (Wildman–Crippen LogP) is 2.80. The van der Waals surface area contributed by atoms with Gasteiger partial charge in [0.15, 0.2) is 0 Å². The van der Waals surface area contributed by atoms with Gasteiger partial charge in [-0.15, -0.1) is 0 Å². The van der Waals surface area contributed by atoms with Crippen LogP contribution in [0.1, 0.15) is 27.5 Å². The van der Waals surface area contributed by atoms with Gasteiger partial charge in [0.25, 0.3) is 5.91 Å². The van der Waals surface area contributed by atoms with E-state index in [9.17, 15) is 9.59 Å². The highest BCUT2D eigenvalue weighted by Crippen LogP contribution is 2.18. The normalized spacial score (nSPS) is 12.7. The Morgan fingerprint density at radius 3 is 1.89 bits per heavy atom. The molecular weight excluding hydrogens is 350 g/mol. The van der Waals surface area contributed by atoms with Crippen LogP contribution in [-0.4, -0.2) is 17.9 Å². The molecule has 0 spiro atoms. The Bertz CT molecular complexity index is 899. The fourth-order valence-electron chi connectivity index (χ4n) is 3.05. The number of rotatable bonds is 8. The van der Waals surface area contributed by atoms with Crippen molar-refractivity contribution < 1.29 is 9.59 Å². The summed E-state index contributed by atoms with van der Waals surface area (Å²) in [5, 5.41) is 6.17. The van der Waals surface area contributed by atoms with Crippen molar-refractivity contribution in [2.24, 2.45) is 5.73 Å². The maximum Gasteiger partial charge on any atom is 0.251 e. The van der Waals surface area contributed by atoms with Crippen LogP contribution in [0.2, 0.25) is 0 Å². The van der Waals surface area contributed by atoms with E-state index < -0.39 is 18.0 Å². The molecule has 0 aliphatic rings. The molecular formula is C23H23N3O2. The second-order valence-electron chi connectivity index (χ2n) is 6.47. The molecule has 0 bridgehead atoms. The van der Waals surface area contributed by atoms with Gasteiger partial charge in [0, 0.05) is 12.1 Å². The maximum absolute atomic E-state index is 12.6. The first-order chi connectivity index (χ1) is 13.6. The standard InChI is InChI=1S/C23H23N3O2/c24-22(27)21(26-23(28)19-14-8-3-9-15-19)20(18-12-6-2-7-13-18)25-16-17-10-4-1-5-11-17/h1-15,20-21,25H,16H2,(H2,24,27)(H,26,28)/t20-,21-/m1/s1. The van der Waals surface area contributed by atoms with E-state index >= 15 is 0 Å². The minimum Gasteiger partial charge on any atom is -0.368 e. The summed E-state index contributed by atoms with van der Waals surface area (Å²) in [4.78, 5) is 24.9. The number of hydrogen-bond donors (Lipinski definition) is 3. The van der Waals surface area contributed by atoms with Crippen molar-refractivity contribution in [1.82, 2.24) is 10.6 Å². The Morgan fingerprint density at radius 1 is 0.786 bits per heavy atom. The van der Waals surface area contributed by atoms with E-state index in [0.29, 0.717) is 12.1 Å². The van der Waals surface area contributed by atoms with Crippen LogP contribution in [0.3, 0.4) is 0 Å². The maximum atomic E-state index is 12.6. The van der Waals surface area contributed by atoms with E-state index in [-0.39, 0.29) is 5.91 Å². The summed E-state index contributed by atoms with van der Waals surface area (Å²) >= 11 is 0. The second-order valence-corrected chi connectivity index (χ2v) is 6.47. The van der Waals surface area contributed by atoms with E-state index in [0.717, 1.165) is 11.1 Å². The molecule has 0 radical (unpaired) electrons. The van der Waals surface area contributed by atoms with Gasteiger partial charge in [0.2, 0.25) is 5.91 Å². The number of primary amides is 1. The number of nitrogens with one attached hydrogen (secondary N) is 2. The number of hydrogen-bond acceptors (Lipinski definition) is 3. The van der Waals surface area contributed by atoms with Crippen LogP contribution in [0.15, 0.2) is 91.0 Å². The summed E-state index contributed by atoms with van der Waals surface area (Å²) in [5.41, 5.74) is 8.09. The third-order valence-corrected chi connectivity index (χ3v) is 4.49. The van der Waals surface area contributed by atoms with Crippen molar-refractivity contribution in [3.05, 3.63) is 108 Å². The first-order valence-corrected chi connectivity index (χ1v) is 9.12. The summed E-state index contributed by atoms with van der Waals surface area (Å²) in [6.45, 7) is 0.533. The molecule has 0 aliphatic heterocycles. The third kappa shape index (κ3) is 5.05. The van der Waals surface area contributed by atoms with Crippen LogP contribution in [-0.2, 0) is 11.3 Å². The highest BCUT2D eigenvalue weighted by atomic mass is 16.2. The molecule has 0 saturated carbocycles. The summed E-state index contributed by atoms with van der Waals surface area (Å²) in [6.07, 6.45) is 0. The Balaban J connectivity index is 1.84. The van der Waals surface area contributed by atoms with Crippen molar-refractivity contribution in [2.45, 2.75) is 18.6 Å². The lowest BCUT2D eigenvalue weighted by Crippen LogP contribution is -2.51. The van der Waals surface area contributed by atoms with Gasteiger partial charge in [0.05, 0.1) is 6.04 Å². The molecule has 28 heavy (non-hydrogen) atoms. The van der Waals surface area contributed by atoms with Crippen molar-refractivity contribution in [2.75, 3.05) is 0 Å². The highest BCUT2D eigenvalue weighted by molar-refractivity contribution is 5.97. The number of carbonyl (C=O) groups is 2. The Labute approximate surface area is 164 Å². The molecule has 3 rings (SSSR count). The van der Waals surface area contributed by atoms with E-state index in [1.807, 2.05) is 66.7 Å². The molecule has 0 aliphatic carbocycles. The van der Waals surface area contributed by atoms with Crippen LogP contribution < -0.4 is 16.4 Å². The van der Waals surface area contributed by atoms with E-state index in [4.69, 9.17) is 5.73 Å². The molecule has 0 heterocycles. The molecule has 2 atom stereocenters. The van der Waals surface area contributed by atoms with Crippen molar-refractivity contribution in [3.63, 3.8) is 0 Å². The number of benzene rings is 3. The fourth-order valence-corrected chi connectivity index (χ4v) is 3.05. The van der Waals surface area contributed by atoms with Gasteiger partial charge in [-0.1, -0.05) is 78.9 Å². The summed E-state index contributed by atoms with van der Waals surface area (Å²) in [5.74, 6) is -0.939. The largest absolute Gasteiger partial charge is 0.368 e. The van der Waals surface area contributed by atoms with Crippen LogP contribution >= 0.6 is 0 Å². The van der Waals surface area contributed by atoms with Gasteiger partial charge in [0.1, 0.15) is 6.04 Å². The van der Waals surface area contributed by atoms with Gasteiger partial charge in [-0.2, -0.15) is 0 Å². The molecule has 2 amide bonds. The fraction of sp³-hybridized carbons (Fsp3) is 0.130. The van der Waals surface area contributed by atoms with Gasteiger partial charge in [-0.05, 0) is 23.3 Å². The summed E-state index contributed by atoms with van der Waals surface area (Å²) in [7, 11) is 0. The lowest BCUT2D eigenvalue weighted by Gasteiger charge is -2.27. The number of nitrogens with two attached hydrogens (primary N) is 1. The Hall–Kier alpha value is -3.44. The van der Waals surface area contributed by atoms with E-state index in [2.05, 4.69) is 10.6 Å². The van der Waals surface area contributed by atoms with Crippen LogP contribution in [0.5, 0.6) is 0 Å². The summed E-state index contributed by atoms with van der Waals surface area (Å²) in [6, 6.07) is 26.8. The molecule has 0 saturated heterocycles. The topological polar surface area (TPSA) is 84.2 Å². The van der Waals surface area contributed by atoms with Gasteiger partial charge < -0.3 is 16.4 Å². The lowest BCUT2D eigenvalue weighted by molar-refractivity contribution is -0.120. The Kier molecular flexibility index (Phi) is 6.54. The van der Waals surface area contributed by atoms with Crippen LogP contribution in [0, 0.1) is 0 Å². The first kappa shape index (κ1) is 19.3. The predicted molar refractivity (Wildman–Crippen MR) is 109 cm³/mol. The molecule has 3 aromatic carbocycles. The molecule has 0 aromatic heterocycles. The van der Waals surface area contributed by atoms with Crippen LogP contribution in [0.4, 0.5) is 0 Å². The Morgan fingerprint density at radius 2 is 1.32 bits per heavy atom. The molecule has 0 unspecified atom stereocenters. The average molecular weight is 373 g/mol. The van der Waals surface area contributed by atoms with Gasteiger partial charge >= 0.3 is 0 Å². The molecule has 142 valence electrons. The minimum absolute atomic E-state index is 0.341. The van der Waals surface area contributed by atoms with Crippen molar-refractivity contribution >= 4 is 11.8 Å². The van der Waals surface area contributed by atoms with Crippen molar-refractivity contribution in [3.8, 4) is 0 Å². The second kappa shape index (κ2) is 9.48. The average Bonchev–Trinajstić information content (AvgIpc) is 2.75. The highest BCUT2D eigenvalue weighted by Gasteiger charge is 2.29. The zero-order chi connectivity index (χ0) is 19.8. The van der Waals surface area contributed by atoms with Crippen molar-refractivity contribution in [1.29, 1.82) is 0 Å². The smallest absolute Gasteiger partial charge is 0.251 e.